The van der Waals surface area contributed by atoms with Crippen LogP contribution in [0.5, 0.6) is 0 Å². The molecule has 0 amide bonds. The highest BCUT2D eigenvalue weighted by atomic mass is 32.2. The maximum Gasteiger partial charge on any atom is 0.275 e. The Hall–Kier alpha value is -1.74. The van der Waals surface area contributed by atoms with E-state index in [1.54, 1.807) is 5.51 Å². The van der Waals surface area contributed by atoms with Crippen LogP contribution in [-0.4, -0.2) is 26.6 Å². The van der Waals surface area contributed by atoms with Gasteiger partial charge >= 0.3 is 0 Å². The third-order valence-electron chi connectivity index (χ3n) is 1.89. The lowest BCUT2D eigenvalue weighted by molar-refractivity contribution is -0.385. The molecule has 0 unspecified atom stereocenters. The zero-order chi connectivity index (χ0) is 13.0. The fourth-order valence-electron chi connectivity index (χ4n) is 1.22. The number of nitrogens with one attached hydrogen (secondary N) is 1. The van der Waals surface area contributed by atoms with Gasteiger partial charge < -0.3 is 5.32 Å². The van der Waals surface area contributed by atoms with Crippen LogP contribution in [0.4, 0.5) is 11.5 Å². The van der Waals surface area contributed by atoms with Gasteiger partial charge in [-0.05, 0) is 18.7 Å². The average Bonchev–Trinajstić information content (AvgIpc) is 2.82. The van der Waals surface area contributed by atoms with Crippen molar-refractivity contribution in [1.82, 2.24) is 15.2 Å². The van der Waals surface area contributed by atoms with Crippen molar-refractivity contribution < 1.29 is 4.92 Å². The Morgan fingerprint density at radius 2 is 2.39 bits per heavy atom. The Balaban J connectivity index is 2.30. The number of nitro groups is 1. The monoisotopic (exact) mass is 283 g/mol. The molecule has 18 heavy (non-hydrogen) atoms. The van der Waals surface area contributed by atoms with Crippen LogP contribution in [0.2, 0.25) is 0 Å². The van der Waals surface area contributed by atoms with Gasteiger partial charge in [0.2, 0.25) is 0 Å². The second kappa shape index (κ2) is 5.74. The molecule has 2 rings (SSSR count). The van der Waals surface area contributed by atoms with Crippen LogP contribution in [0.25, 0.3) is 0 Å². The normalized spacial score (nSPS) is 10.3. The predicted octanol–water partition coefficient (Wildman–Crippen LogP) is 2.42. The number of anilines is 1. The molecule has 0 saturated carbocycles. The minimum atomic E-state index is -0.438. The molecule has 94 valence electrons. The number of aromatic nitrogens is 3. The number of pyridine rings is 1. The van der Waals surface area contributed by atoms with Crippen molar-refractivity contribution in [3.05, 3.63) is 27.8 Å². The van der Waals surface area contributed by atoms with Crippen LogP contribution < -0.4 is 5.32 Å². The van der Waals surface area contributed by atoms with Crippen LogP contribution in [0.1, 0.15) is 6.92 Å². The lowest BCUT2D eigenvalue weighted by Gasteiger charge is -2.04. The highest BCUT2D eigenvalue weighted by Gasteiger charge is 2.12. The van der Waals surface area contributed by atoms with Crippen molar-refractivity contribution >= 4 is 34.6 Å². The first kappa shape index (κ1) is 12.7. The van der Waals surface area contributed by atoms with Gasteiger partial charge in [0.05, 0.1) is 11.0 Å². The van der Waals surface area contributed by atoms with Gasteiger partial charge in [-0.2, -0.15) is 0 Å². The minimum absolute atomic E-state index is 0.00738. The van der Waals surface area contributed by atoms with Gasteiger partial charge in [-0.15, -0.1) is 10.2 Å². The Morgan fingerprint density at radius 1 is 1.56 bits per heavy atom. The van der Waals surface area contributed by atoms with Crippen molar-refractivity contribution in [2.75, 3.05) is 11.9 Å². The Bertz CT molecular complexity index is 546. The minimum Gasteiger partial charge on any atom is -0.370 e. The van der Waals surface area contributed by atoms with Gasteiger partial charge in [0.1, 0.15) is 16.4 Å². The number of nitrogens with zero attached hydrogens (tertiary/aromatic N) is 4. The highest BCUT2D eigenvalue weighted by Crippen LogP contribution is 2.30. The molecule has 0 spiro atoms. The maximum atomic E-state index is 10.8. The summed E-state index contributed by atoms with van der Waals surface area (Å²) in [6.07, 6.45) is 0. The molecule has 0 bridgehead atoms. The van der Waals surface area contributed by atoms with E-state index in [9.17, 15) is 10.1 Å². The van der Waals surface area contributed by atoms with E-state index < -0.39 is 4.92 Å². The maximum absolute atomic E-state index is 10.8. The van der Waals surface area contributed by atoms with Crippen molar-refractivity contribution in [2.45, 2.75) is 16.3 Å². The molecule has 0 aliphatic heterocycles. The largest absolute Gasteiger partial charge is 0.370 e. The zero-order valence-corrected chi connectivity index (χ0v) is 11.0. The van der Waals surface area contributed by atoms with E-state index in [1.807, 2.05) is 6.92 Å². The topological polar surface area (TPSA) is 93.8 Å². The van der Waals surface area contributed by atoms with E-state index in [1.165, 1.54) is 35.2 Å². The Kier molecular flexibility index (Phi) is 4.05. The summed E-state index contributed by atoms with van der Waals surface area (Å²) in [5.41, 5.74) is 1.61. The summed E-state index contributed by atoms with van der Waals surface area (Å²) in [5.74, 6) is 0.485. The number of rotatable bonds is 5. The summed E-state index contributed by atoms with van der Waals surface area (Å²) in [6.45, 7) is 2.55. The standard InChI is InChI=1S/C9H9N5O2S2/c1-2-10-7-3-6(14(15)16)4-8(12-7)18-9-13-11-5-17-9/h3-5H,2H2,1H3,(H,10,12). The number of hydrogen-bond acceptors (Lipinski definition) is 8. The summed E-state index contributed by atoms with van der Waals surface area (Å²) in [6, 6.07) is 2.83. The third-order valence-corrected chi connectivity index (χ3v) is 3.58. The van der Waals surface area contributed by atoms with E-state index in [2.05, 4.69) is 20.5 Å². The summed E-state index contributed by atoms with van der Waals surface area (Å²) in [4.78, 5) is 14.7. The molecule has 2 aromatic heterocycles. The van der Waals surface area contributed by atoms with E-state index >= 15 is 0 Å². The smallest absolute Gasteiger partial charge is 0.275 e. The molecular formula is C9H9N5O2S2. The Labute approximate surface area is 111 Å². The van der Waals surface area contributed by atoms with Crippen LogP contribution in [-0.2, 0) is 0 Å². The summed E-state index contributed by atoms with van der Waals surface area (Å²) in [7, 11) is 0. The van der Waals surface area contributed by atoms with Crippen LogP contribution in [0.15, 0.2) is 27.0 Å². The van der Waals surface area contributed by atoms with Crippen LogP contribution >= 0.6 is 23.1 Å². The van der Waals surface area contributed by atoms with Gasteiger partial charge in [0.25, 0.3) is 5.69 Å². The van der Waals surface area contributed by atoms with E-state index in [4.69, 9.17) is 0 Å². The van der Waals surface area contributed by atoms with Gasteiger partial charge in [-0.25, -0.2) is 4.98 Å². The van der Waals surface area contributed by atoms with E-state index in [-0.39, 0.29) is 5.69 Å². The van der Waals surface area contributed by atoms with E-state index in [0.29, 0.717) is 21.7 Å². The highest BCUT2D eigenvalue weighted by molar-refractivity contribution is 8.00. The van der Waals surface area contributed by atoms with Crippen LogP contribution in [0, 0.1) is 10.1 Å². The first-order valence-corrected chi connectivity index (χ1v) is 6.73. The van der Waals surface area contributed by atoms with Crippen molar-refractivity contribution in [1.29, 1.82) is 0 Å². The molecule has 0 radical (unpaired) electrons. The molecule has 2 aromatic rings. The molecule has 0 aromatic carbocycles. The van der Waals surface area contributed by atoms with Crippen molar-refractivity contribution in [2.24, 2.45) is 0 Å². The third kappa shape index (κ3) is 3.14. The lowest BCUT2D eigenvalue weighted by atomic mass is 10.4. The van der Waals surface area contributed by atoms with Crippen molar-refractivity contribution in [3.63, 3.8) is 0 Å². The summed E-state index contributed by atoms with van der Waals surface area (Å²) < 4.78 is 0.699. The predicted molar refractivity (Wildman–Crippen MR) is 69.1 cm³/mol. The second-order valence-electron chi connectivity index (χ2n) is 3.14. The summed E-state index contributed by atoms with van der Waals surface area (Å²) in [5, 5.41) is 21.9. The van der Waals surface area contributed by atoms with Crippen molar-refractivity contribution in [3.8, 4) is 0 Å². The van der Waals surface area contributed by atoms with Gasteiger partial charge in [-0.1, -0.05) is 11.3 Å². The molecule has 0 aliphatic carbocycles. The first-order chi connectivity index (χ1) is 8.69. The Morgan fingerprint density at radius 3 is 3.00 bits per heavy atom. The molecule has 1 N–H and O–H groups in total. The molecule has 9 heteroatoms. The molecule has 0 aliphatic rings. The first-order valence-electron chi connectivity index (χ1n) is 5.03. The molecule has 2 heterocycles. The molecule has 0 atom stereocenters. The SMILES string of the molecule is CCNc1cc([N+](=O)[O-])cc(Sc2nncs2)n1. The van der Waals surface area contributed by atoms with Gasteiger partial charge in [-0.3, -0.25) is 10.1 Å². The fraction of sp³-hybridized carbons (Fsp3) is 0.222. The molecular weight excluding hydrogens is 274 g/mol. The average molecular weight is 283 g/mol. The lowest BCUT2D eigenvalue weighted by Crippen LogP contribution is -2.01. The zero-order valence-electron chi connectivity index (χ0n) is 9.36. The fourth-order valence-corrected chi connectivity index (χ4v) is 2.66. The number of hydrogen-bond donors (Lipinski definition) is 1. The molecule has 7 nitrogen and oxygen atoms in total. The second-order valence-corrected chi connectivity index (χ2v) is 5.24. The molecule has 0 saturated heterocycles. The van der Waals surface area contributed by atoms with Gasteiger partial charge in [0.15, 0.2) is 4.34 Å². The quantitative estimate of drug-likeness (QED) is 0.665. The molecule has 0 fully saturated rings. The van der Waals surface area contributed by atoms with E-state index in [0.717, 1.165) is 0 Å². The van der Waals surface area contributed by atoms with Crippen LogP contribution in [0.3, 0.4) is 0 Å². The van der Waals surface area contributed by atoms with Gasteiger partial charge in [0, 0.05) is 12.6 Å². The summed E-state index contributed by atoms with van der Waals surface area (Å²) >= 11 is 2.62.